The van der Waals surface area contributed by atoms with Crippen LogP contribution in [-0.2, 0) is 170 Å². The fourth-order valence-corrected chi connectivity index (χ4v) is 10.7. The van der Waals surface area contributed by atoms with Crippen molar-refractivity contribution >= 4 is 104 Å². The molecule has 0 unspecified atom stereocenters. The Morgan fingerprint density at radius 2 is 0.438 bits per heavy atom. The molecule has 0 radical (unpaired) electrons. The molecule has 0 aromatic carbocycles. The minimum absolute atomic E-state index is 1.80. The quantitative estimate of drug-likeness (QED) is 0.0325. The van der Waals surface area contributed by atoms with Crippen molar-refractivity contribution < 1.29 is 195 Å². The lowest BCUT2D eigenvalue weighted by atomic mass is 9.99. The van der Waals surface area contributed by atoms with Gasteiger partial charge < -0.3 is 23.7 Å². The Hall–Kier alpha value is -1.50. The average Bonchev–Trinajstić information content (AvgIpc) is 3.40. The van der Waals surface area contributed by atoms with Crippen LogP contribution in [0.4, 0.5) is 0 Å². The predicted octanol–water partition coefficient (Wildman–Crippen LogP) is -8.62. The van der Waals surface area contributed by atoms with Gasteiger partial charge in [-0.2, -0.15) is 84.2 Å². The first-order valence-corrected chi connectivity index (χ1v) is 30.7. The molecular weight excluding hydrogens is 1260 g/mol. The molecule has 55 heteroatoms. The lowest BCUT2D eigenvalue weighted by Gasteiger charge is -2.43. The Bertz CT molecular complexity index is 2880. The van der Waals surface area contributed by atoms with Crippen molar-refractivity contribution in [3.8, 4) is 0 Å². The molecule has 3 saturated heterocycles. The van der Waals surface area contributed by atoms with Crippen LogP contribution in [0, 0.1) is 0 Å². The molecule has 0 aromatic rings. The van der Waals surface area contributed by atoms with E-state index in [4.69, 9.17) is 32.8 Å². The van der Waals surface area contributed by atoms with Crippen molar-refractivity contribution in [3.05, 3.63) is 0 Å². The Labute approximate surface area is 409 Å². The average molecular weight is 1290 g/mol. The van der Waals surface area contributed by atoms with Gasteiger partial charge >= 0.3 is 104 Å². The van der Waals surface area contributed by atoms with E-state index in [1.807, 2.05) is 0 Å². The highest BCUT2D eigenvalue weighted by Crippen LogP contribution is 2.37. The highest BCUT2D eigenvalue weighted by molar-refractivity contribution is 7.83. The van der Waals surface area contributed by atoms with Gasteiger partial charge in [-0.25, -0.2) is 41.8 Å². The fourth-order valence-electron chi connectivity index (χ4n) is 6.06. The van der Waals surface area contributed by atoms with Crippen molar-refractivity contribution in [3.63, 3.8) is 0 Å². The smallest absolute Gasteiger partial charge is 0.364 e. The van der Waals surface area contributed by atoms with Gasteiger partial charge in [-0.1, -0.05) is 0 Å². The molecule has 45 nitrogen and oxygen atoms in total. The predicted molar refractivity (Wildman–Crippen MR) is 204 cm³/mol. The maximum absolute atomic E-state index is 12.0. The van der Waals surface area contributed by atoms with E-state index < -0.39 is 216 Å². The summed E-state index contributed by atoms with van der Waals surface area (Å²) >= 11 is 0. The molecule has 0 aliphatic carbocycles. The van der Waals surface area contributed by atoms with Gasteiger partial charge in [0.05, 0.1) is 26.4 Å². The zero-order valence-corrected chi connectivity index (χ0v) is 41.9. The van der Waals surface area contributed by atoms with Gasteiger partial charge in [0.15, 0.2) is 24.8 Å². The number of ether oxygens (including phenoxy) is 5. The van der Waals surface area contributed by atoms with Crippen LogP contribution in [0.15, 0.2) is 0 Å². The maximum atomic E-state index is 12.0. The first kappa shape index (κ1) is 65.8. The largest absolute Gasteiger partial charge is 0.397 e. The Balaban J connectivity index is 2.22. The van der Waals surface area contributed by atoms with Crippen molar-refractivity contribution in [2.24, 2.45) is 0 Å². The van der Waals surface area contributed by atoms with E-state index in [1.165, 1.54) is 0 Å². The van der Waals surface area contributed by atoms with Crippen molar-refractivity contribution in [1.29, 1.82) is 0 Å². The monoisotopic (exact) mass is 1290 g/mol. The van der Waals surface area contributed by atoms with Gasteiger partial charge in [0.1, 0.15) is 61.0 Å². The Kier molecular flexibility index (Phi) is 21.5. The van der Waals surface area contributed by atoms with E-state index in [0.29, 0.717) is 0 Å². The summed E-state index contributed by atoms with van der Waals surface area (Å²) in [5, 5.41) is 0. The van der Waals surface area contributed by atoms with Gasteiger partial charge in [-0.15, -0.1) is 0 Å². The maximum Gasteiger partial charge on any atom is 0.397 e. The van der Waals surface area contributed by atoms with Crippen LogP contribution in [0.2, 0.25) is 0 Å². The molecule has 3 aliphatic heterocycles. The zero-order valence-electron chi connectivity index (χ0n) is 33.8. The molecule has 3 fully saturated rings. The van der Waals surface area contributed by atoms with Crippen LogP contribution in [0.1, 0.15) is 0 Å². The summed E-state index contributed by atoms with van der Waals surface area (Å²) in [6.45, 7) is -7.33. The third-order valence-electron chi connectivity index (χ3n) is 8.06. The highest BCUT2D eigenvalue weighted by Gasteiger charge is 2.58. The van der Waals surface area contributed by atoms with E-state index in [2.05, 4.69) is 41.8 Å². The molecule has 3 heterocycles. The minimum Gasteiger partial charge on any atom is -0.364 e. The van der Waals surface area contributed by atoms with Gasteiger partial charge in [-0.05, 0) is 0 Å². The summed E-state index contributed by atoms with van der Waals surface area (Å²) in [4.78, 5) is 0. The molecule has 0 amide bonds. The number of hydrogen-bond donors (Lipinski definition) is 10. The topological polar surface area (TPSA) is 682 Å². The number of hydrogen-bond acceptors (Lipinski definition) is 35. The molecule has 434 valence electrons. The molecular formula is C18H32O45S10. The standard InChI is InChI=1S/C18H32O45S10/c19-64(20,21)51-3-7-11(58-68(31,32)33)13(60-70(37,38)39)15(62-72(43,44)45)17(54-7)49-1-5-9(56-66(25,26)27)10(57-67(28,29)30)6(53-5)2-50-18-16(63-73(46,47)48)14(61-71(40,41)42)12(59-69(34,35)36)8(55-18)4-52-65(22,23)24/h5-18H,1-4H2,(H,19,20,21)(H,22,23,24)(H,25,26,27)(H,28,29,30)(H,31,32,33)(H,34,35,36)(H,37,38,39)(H,40,41,42)(H,43,44,45)(H,46,47,48)/t5-,6-,7-,8+,9-,10+,11+,12-,13-,14-,15-,16+,17-,18-/m0/s1. The summed E-state index contributed by atoms with van der Waals surface area (Å²) in [7, 11) is -60.1. The van der Waals surface area contributed by atoms with Gasteiger partial charge in [-0.3, -0.25) is 45.5 Å². The van der Waals surface area contributed by atoms with Crippen LogP contribution in [0.25, 0.3) is 0 Å². The van der Waals surface area contributed by atoms with Gasteiger partial charge in [0, 0.05) is 0 Å². The summed E-state index contributed by atoms with van der Waals surface area (Å²) in [5.41, 5.74) is 0. The lowest BCUT2D eigenvalue weighted by Crippen LogP contribution is -2.63. The van der Waals surface area contributed by atoms with Crippen molar-refractivity contribution in [2.75, 3.05) is 26.4 Å². The second-order valence-electron chi connectivity index (χ2n) is 13.3. The van der Waals surface area contributed by atoms with Gasteiger partial charge in [0.2, 0.25) is 0 Å². The molecule has 10 N–H and O–H groups in total. The summed E-state index contributed by atoms with van der Waals surface area (Å²) < 4.78 is 396. The van der Waals surface area contributed by atoms with Crippen molar-refractivity contribution in [1.82, 2.24) is 0 Å². The van der Waals surface area contributed by atoms with E-state index in [-0.39, 0.29) is 0 Å². The second kappa shape index (κ2) is 23.8. The van der Waals surface area contributed by atoms with Crippen molar-refractivity contribution in [2.45, 2.75) is 85.8 Å². The molecule has 3 rings (SSSR count). The Morgan fingerprint density at radius 1 is 0.247 bits per heavy atom. The van der Waals surface area contributed by atoms with Gasteiger partial charge in [0.25, 0.3) is 0 Å². The third-order valence-corrected chi connectivity index (χ3v) is 12.7. The second-order valence-corrected chi connectivity index (χ2v) is 23.9. The molecule has 0 bridgehead atoms. The normalized spacial score (nSPS) is 31.9. The Morgan fingerprint density at radius 3 is 0.658 bits per heavy atom. The molecule has 0 spiro atoms. The molecule has 0 saturated carbocycles. The zero-order chi connectivity index (χ0) is 56.5. The lowest BCUT2D eigenvalue weighted by molar-refractivity contribution is -0.296. The van der Waals surface area contributed by atoms with Crippen LogP contribution in [-0.4, -0.2) is 242 Å². The summed E-state index contributed by atoms with van der Waals surface area (Å²) in [6, 6.07) is 0. The fraction of sp³-hybridized carbons (Fsp3) is 1.00. The van der Waals surface area contributed by atoms with E-state index in [0.717, 1.165) is 0 Å². The molecule has 14 atom stereocenters. The van der Waals surface area contributed by atoms with Crippen LogP contribution in [0.3, 0.4) is 0 Å². The van der Waals surface area contributed by atoms with Crippen LogP contribution >= 0.6 is 0 Å². The van der Waals surface area contributed by atoms with E-state index in [1.54, 1.807) is 0 Å². The SMILES string of the molecule is O=S(=O)(O)OC[C@@H]1O[C@H](OC[C@@H]2O[C@@H](CO[C@H]3O[C@H](COS(=O)(=O)O)[C@H](OS(=O)(=O)O)[C@H](OS(=O)(=O)O)[C@H]3OS(=O)(=O)O)[C@@H](OS(=O)(=O)O)[C@H]2OS(=O)(=O)O)[C@@H](OS(=O)(=O)O)[C@@H](OS(=O)(=O)O)[C@@H]1OS(=O)(=O)O. The van der Waals surface area contributed by atoms with E-state index in [9.17, 15) is 121 Å². The first-order chi connectivity index (χ1) is 32.4. The first-order valence-electron chi connectivity index (χ1n) is 17.1. The molecule has 3 aliphatic rings. The highest BCUT2D eigenvalue weighted by atomic mass is 32.3. The molecule has 0 aromatic heterocycles. The summed E-state index contributed by atoms with van der Waals surface area (Å²) in [5.74, 6) is 0. The molecule has 73 heavy (non-hydrogen) atoms. The number of rotatable bonds is 28. The van der Waals surface area contributed by atoms with E-state index >= 15 is 0 Å². The van der Waals surface area contributed by atoms with Crippen LogP contribution in [0.5, 0.6) is 0 Å². The third kappa shape index (κ3) is 24.4. The summed E-state index contributed by atoms with van der Waals surface area (Å²) in [6.07, 6.45) is -42.1. The minimum atomic E-state index is -6.14. The van der Waals surface area contributed by atoms with Crippen LogP contribution < -0.4 is 0 Å².